The lowest BCUT2D eigenvalue weighted by molar-refractivity contribution is -0.161. The Bertz CT molecular complexity index is 736. The number of aliphatic hydroxyl groups is 1. The largest absolute Gasteiger partial charge is 0.449 e. The minimum absolute atomic E-state index is 0.0175. The zero-order chi connectivity index (χ0) is 18.7. The number of benzene rings is 2. The molecule has 138 valence electrons. The number of rotatable bonds is 5. The second-order valence-electron chi connectivity index (χ2n) is 7.39. The van der Waals surface area contributed by atoms with Crippen LogP contribution in [0.4, 0.5) is 4.79 Å². The van der Waals surface area contributed by atoms with E-state index in [1.807, 2.05) is 45.0 Å². The van der Waals surface area contributed by atoms with Gasteiger partial charge >= 0.3 is 6.09 Å². The van der Waals surface area contributed by atoms with Crippen LogP contribution in [0.1, 0.15) is 37.8 Å². The van der Waals surface area contributed by atoms with Gasteiger partial charge in [-0.1, -0.05) is 48.5 Å². The molecule has 2 N–H and O–H groups in total. The molecule has 5 heteroatoms. The van der Waals surface area contributed by atoms with E-state index in [0.29, 0.717) is 0 Å². The van der Waals surface area contributed by atoms with Gasteiger partial charge in [0.2, 0.25) is 0 Å². The van der Waals surface area contributed by atoms with Gasteiger partial charge in [-0.05, 0) is 43.0 Å². The van der Waals surface area contributed by atoms with E-state index in [0.717, 1.165) is 11.1 Å². The molecule has 0 aliphatic heterocycles. The summed E-state index contributed by atoms with van der Waals surface area (Å²) < 4.78 is 10.7. The highest BCUT2D eigenvalue weighted by Crippen LogP contribution is 2.44. The number of hydrogen-bond acceptors (Lipinski definition) is 4. The molecule has 1 aliphatic carbocycles. The van der Waals surface area contributed by atoms with Crippen molar-refractivity contribution >= 4 is 6.09 Å². The Balaban J connectivity index is 1.59. The van der Waals surface area contributed by atoms with Gasteiger partial charge in [-0.15, -0.1) is 0 Å². The van der Waals surface area contributed by atoms with Crippen LogP contribution in [0.2, 0.25) is 0 Å². The molecule has 2 aromatic rings. The Morgan fingerprint density at radius 3 is 2.15 bits per heavy atom. The fourth-order valence-electron chi connectivity index (χ4n) is 3.27. The highest BCUT2D eigenvalue weighted by atomic mass is 16.6. The van der Waals surface area contributed by atoms with Crippen molar-refractivity contribution in [3.05, 3.63) is 59.7 Å². The second kappa shape index (κ2) is 7.48. The number of amides is 1. The number of carbonyl (C=O) groups excluding carboxylic acids is 1. The van der Waals surface area contributed by atoms with Crippen LogP contribution >= 0.6 is 0 Å². The van der Waals surface area contributed by atoms with Crippen LogP contribution in [0.15, 0.2) is 48.5 Å². The summed E-state index contributed by atoms with van der Waals surface area (Å²) in [5.74, 6) is 0.0175. The van der Waals surface area contributed by atoms with Gasteiger partial charge in [0.15, 0.2) is 6.29 Å². The molecule has 0 saturated heterocycles. The molecule has 1 aliphatic rings. The van der Waals surface area contributed by atoms with E-state index in [2.05, 4.69) is 29.6 Å². The van der Waals surface area contributed by atoms with E-state index in [1.54, 1.807) is 0 Å². The highest BCUT2D eigenvalue weighted by Gasteiger charge is 2.29. The Morgan fingerprint density at radius 2 is 1.62 bits per heavy atom. The van der Waals surface area contributed by atoms with Gasteiger partial charge in [-0.3, -0.25) is 0 Å². The molecule has 0 saturated carbocycles. The Hall–Kier alpha value is -2.37. The van der Waals surface area contributed by atoms with Crippen LogP contribution in [0.25, 0.3) is 11.1 Å². The molecule has 3 rings (SSSR count). The summed E-state index contributed by atoms with van der Waals surface area (Å²) in [6.45, 7) is 5.74. The summed E-state index contributed by atoms with van der Waals surface area (Å²) >= 11 is 0. The van der Waals surface area contributed by atoms with E-state index in [-0.39, 0.29) is 19.1 Å². The van der Waals surface area contributed by atoms with Crippen LogP contribution in [0.5, 0.6) is 0 Å². The summed E-state index contributed by atoms with van der Waals surface area (Å²) in [6, 6.07) is 16.4. The summed E-state index contributed by atoms with van der Waals surface area (Å²) in [5.41, 5.74) is 4.22. The zero-order valence-corrected chi connectivity index (χ0v) is 15.4. The van der Waals surface area contributed by atoms with Crippen molar-refractivity contribution in [3.8, 4) is 11.1 Å². The first kappa shape index (κ1) is 18.4. The monoisotopic (exact) mass is 355 g/mol. The fourth-order valence-corrected chi connectivity index (χ4v) is 3.27. The molecular weight excluding hydrogens is 330 g/mol. The molecule has 0 aromatic heterocycles. The molecule has 1 atom stereocenters. The molecule has 2 aromatic carbocycles. The Kier molecular flexibility index (Phi) is 5.30. The lowest BCUT2D eigenvalue weighted by atomic mass is 9.98. The fraction of sp³-hybridized carbons (Fsp3) is 0.381. The number of fused-ring (bicyclic) bond motifs is 3. The van der Waals surface area contributed by atoms with Crippen LogP contribution in [0, 0.1) is 0 Å². The summed E-state index contributed by atoms with van der Waals surface area (Å²) in [7, 11) is 0. The van der Waals surface area contributed by atoms with Gasteiger partial charge < -0.3 is 19.9 Å². The third kappa shape index (κ3) is 4.23. The predicted octanol–water partition coefficient (Wildman–Crippen LogP) is 3.66. The third-order valence-corrected chi connectivity index (χ3v) is 4.25. The normalized spacial score (nSPS) is 14.5. The molecule has 1 unspecified atom stereocenters. The average Bonchev–Trinajstić information content (AvgIpc) is 2.91. The maximum Gasteiger partial charge on any atom is 0.407 e. The lowest BCUT2D eigenvalue weighted by Gasteiger charge is -2.24. The number of carbonyl (C=O) groups is 1. The van der Waals surface area contributed by atoms with Crippen LogP contribution in [-0.4, -0.2) is 36.2 Å². The number of hydrogen-bond donors (Lipinski definition) is 2. The molecular formula is C21H25NO4. The smallest absolute Gasteiger partial charge is 0.407 e. The summed E-state index contributed by atoms with van der Waals surface area (Å²) in [6.07, 6.45) is -1.64. The van der Waals surface area contributed by atoms with E-state index < -0.39 is 18.0 Å². The molecule has 0 spiro atoms. The topological polar surface area (TPSA) is 67.8 Å². The summed E-state index contributed by atoms with van der Waals surface area (Å²) in [5, 5.41) is 12.3. The molecule has 5 nitrogen and oxygen atoms in total. The number of alkyl carbamates (subject to hydrolysis) is 1. The quantitative estimate of drug-likeness (QED) is 0.803. The van der Waals surface area contributed by atoms with Gasteiger partial charge in [0, 0.05) is 5.92 Å². The van der Waals surface area contributed by atoms with Crippen molar-refractivity contribution in [2.75, 3.05) is 13.2 Å². The molecule has 0 heterocycles. The highest BCUT2D eigenvalue weighted by molar-refractivity contribution is 5.79. The maximum absolute atomic E-state index is 12.0. The van der Waals surface area contributed by atoms with Gasteiger partial charge in [0.25, 0.3) is 0 Å². The molecule has 0 bridgehead atoms. The standard InChI is InChI=1S/C21H25NO4/c1-21(2,3)26-19(23)12-22-20(24)25-13-18-16-10-6-4-8-14(16)15-9-5-7-11-17(15)18/h4-11,18-19,23H,12-13H2,1-3H3,(H,22,24). The lowest BCUT2D eigenvalue weighted by Crippen LogP contribution is -2.38. The van der Waals surface area contributed by atoms with Crippen molar-refractivity contribution < 1.29 is 19.4 Å². The first-order valence-corrected chi connectivity index (χ1v) is 8.80. The van der Waals surface area contributed by atoms with E-state index >= 15 is 0 Å². The van der Waals surface area contributed by atoms with Gasteiger partial charge in [-0.25, -0.2) is 4.79 Å². The van der Waals surface area contributed by atoms with Crippen LogP contribution < -0.4 is 5.32 Å². The van der Waals surface area contributed by atoms with E-state index in [1.165, 1.54) is 11.1 Å². The van der Waals surface area contributed by atoms with Gasteiger partial charge in [0.05, 0.1) is 12.1 Å². The molecule has 0 fully saturated rings. The predicted molar refractivity (Wildman–Crippen MR) is 99.9 cm³/mol. The molecule has 1 amide bonds. The average molecular weight is 355 g/mol. The number of ether oxygens (including phenoxy) is 2. The summed E-state index contributed by atoms with van der Waals surface area (Å²) in [4.78, 5) is 12.0. The van der Waals surface area contributed by atoms with Gasteiger partial charge in [0.1, 0.15) is 6.61 Å². The van der Waals surface area contributed by atoms with E-state index in [4.69, 9.17) is 9.47 Å². The third-order valence-electron chi connectivity index (χ3n) is 4.25. The first-order valence-electron chi connectivity index (χ1n) is 8.80. The van der Waals surface area contributed by atoms with E-state index in [9.17, 15) is 9.90 Å². The zero-order valence-electron chi connectivity index (χ0n) is 15.4. The number of aliphatic hydroxyl groups excluding tert-OH is 1. The second-order valence-corrected chi connectivity index (χ2v) is 7.39. The molecule has 0 radical (unpaired) electrons. The Labute approximate surface area is 153 Å². The SMILES string of the molecule is CC(C)(C)OC(O)CNC(=O)OCC1c2ccccc2-c2ccccc21. The van der Waals surface area contributed by atoms with Crippen molar-refractivity contribution in [1.29, 1.82) is 0 Å². The van der Waals surface area contributed by atoms with Crippen molar-refractivity contribution in [1.82, 2.24) is 5.32 Å². The van der Waals surface area contributed by atoms with Crippen molar-refractivity contribution in [2.24, 2.45) is 0 Å². The number of nitrogens with one attached hydrogen (secondary N) is 1. The first-order chi connectivity index (χ1) is 12.3. The van der Waals surface area contributed by atoms with Crippen molar-refractivity contribution in [2.45, 2.75) is 38.6 Å². The van der Waals surface area contributed by atoms with Crippen LogP contribution in [0.3, 0.4) is 0 Å². The van der Waals surface area contributed by atoms with Crippen LogP contribution in [-0.2, 0) is 9.47 Å². The minimum Gasteiger partial charge on any atom is -0.449 e. The molecule has 26 heavy (non-hydrogen) atoms. The van der Waals surface area contributed by atoms with Crippen molar-refractivity contribution in [3.63, 3.8) is 0 Å². The van der Waals surface area contributed by atoms with Gasteiger partial charge in [-0.2, -0.15) is 0 Å². The maximum atomic E-state index is 12.0. The minimum atomic E-state index is -1.07. The Morgan fingerprint density at radius 1 is 1.08 bits per heavy atom.